The first-order chi connectivity index (χ1) is 6.72. The summed E-state index contributed by atoms with van der Waals surface area (Å²) in [5.41, 5.74) is 0. The minimum Gasteiger partial charge on any atom is -0.396 e. The van der Waals surface area contributed by atoms with Gasteiger partial charge < -0.3 is 10.4 Å². The Morgan fingerprint density at radius 2 is 2.29 bits per heavy atom. The molecule has 0 amide bonds. The summed E-state index contributed by atoms with van der Waals surface area (Å²) in [4.78, 5) is 0. The fourth-order valence-electron chi connectivity index (χ4n) is 1.77. The molecule has 1 aliphatic heterocycles. The molecule has 0 aromatic rings. The van der Waals surface area contributed by atoms with Gasteiger partial charge in [-0.05, 0) is 31.7 Å². The van der Waals surface area contributed by atoms with E-state index in [1.807, 2.05) is 0 Å². The number of thioether (sulfide) groups is 1. The molecule has 0 bridgehead atoms. The standard InChI is InChI=1S/C11H23NOS/c1-9(2)7-12-10-6-11(14-8-10)4-3-5-13/h9-13H,3-8H2,1-2H3/t10?,11-/m1/s1. The first-order valence-electron chi connectivity index (χ1n) is 5.68. The van der Waals surface area contributed by atoms with E-state index in [9.17, 15) is 0 Å². The number of hydrogen-bond acceptors (Lipinski definition) is 3. The van der Waals surface area contributed by atoms with Gasteiger partial charge in [0.2, 0.25) is 0 Å². The number of hydrogen-bond donors (Lipinski definition) is 2. The van der Waals surface area contributed by atoms with Crippen molar-refractivity contribution in [3.8, 4) is 0 Å². The van der Waals surface area contributed by atoms with Crippen LogP contribution >= 0.6 is 11.8 Å². The second-order valence-corrected chi connectivity index (χ2v) is 5.89. The van der Waals surface area contributed by atoms with Gasteiger partial charge in [0.05, 0.1) is 0 Å². The van der Waals surface area contributed by atoms with Gasteiger partial charge in [-0.3, -0.25) is 0 Å². The Kier molecular flexibility index (Phi) is 5.90. The molecule has 1 aliphatic rings. The van der Waals surface area contributed by atoms with E-state index >= 15 is 0 Å². The predicted molar refractivity (Wildman–Crippen MR) is 63.8 cm³/mol. The van der Waals surface area contributed by atoms with Gasteiger partial charge in [0.15, 0.2) is 0 Å². The third-order valence-electron chi connectivity index (χ3n) is 2.58. The fraction of sp³-hybridized carbons (Fsp3) is 1.00. The van der Waals surface area contributed by atoms with E-state index in [0.29, 0.717) is 12.6 Å². The van der Waals surface area contributed by atoms with Gasteiger partial charge >= 0.3 is 0 Å². The predicted octanol–water partition coefficient (Wildman–Crippen LogP) is 1.88. The topological polar surface area (TPSA) is 32.3 Å². The van der Waals surface area contributed by atoms with Gasteiger partial charge in [-0.25, -0.2) is 0 Å². The maximum Gasteiger partial charge on any atom is 0.0431 e. The molecule has 3 heteroatoms. The summed E-state index contributed by atoms with van der Waals surface area (Å²) in [6.07, 6.45) is 3.44. The van der Waals surface area contributed by atoms with Crippen molar-refractivity contribution in [3.05, 3.63) is 0 Å². The molecule has 0 spiro atoms. The molecule has 0 aromatic heterocycles. The highest BCUT2D eigenvalue weighted by Gasteiger charge is 2.24. The van der Waals surface area contributed by atoms with Crippen LogP contribution in [0.2, 0.25) is 0 Å². The second-order valence-electron chi connectivity index (χ2n) is 4.56. The van der Waals surface area contributed by atoms with Gasteiger partial charge in [0.25, 0.3) is 0 Å². The Labute approximate surface area is 91.9 Å². The number of nitrogens with one attached hydrogen (secondary N) is 1. The highest BCUT2D eigenvalue weighted by Crippen LogP contribution is 2.29. The lowest BCUT2D eigenvalue weighted by Crippen LogP contribution is -2.32. The van der Waals surface area contributed by atoms with Gasteiger partial charge in [-0.1, -0.05) is 13.8 Å². The van der Waals surface area contributed by atoms with Crippen molar-refractivity contribution in [3.63, 3.8) is 0 Å². The van der Waals surface area contributed by atoms with E-state index < -0.39 is 0 Å². The molecule has 2 atom stereocenters. The molecule has 2 nitrogen and oxygen atoms in total. The zero-order valence-electron chi connectivity index (χ0n) is 9.33. The molecule has 0 aromatic carbocycles. The van der Waals surface area contributed by atoms with Crippen LogP contribution in [-0.4, -0.2) is 35.3 Å². The number of aliphatic hydroxyl groups is 1. The second kappa shape index (κ2) is 6.70. The average Bonchev–Trinajstić information content (AvgIpc) is 2.59. The summed E-state index contributed by atoms with van der Waals surface area (Å²) in [5, 5.41) is 13.1. The highest BCUT2D eigenvalue weighted by molar-refractivity contribution is 8.00. The Hall–Kier alpha value is 0.270. The lowest BCUT2D eigenvalue weighted by atomic mass is 10.1. The molecule has 0 radical (unpaired) electrons. The fourth-order valence-corrected chi connectivity index (χ4v) is 3.23. The molecular formula is C11H23NOS. The largest absolute Gasteiger partial charge is 0.396 e. The molecule has 1 rings (SSSR count). The van der Waals surface area contributed by atoms with Crippen molar-refractivity contribution >= 4 is 11.8 Å². The third-order valence-corrected chi connectivity index (χ3v) is 4.07. The van der Waals surface area contributed by atoms with Crippen LogP contribution in [0.4, 0.5) is 0 Å². The van der Waals surface area contributed by atoms with Crippen LogP contribution in [-0.2, 0) is 0 Å². The summed E-state index contributed by atoms with van der Waals surface area (Å²) in [5.74, 6) is 2.00. The third kappa shape index (κ3) is 4.67. The molecule has 0 aliphatic carbocycles. The van der Waals surface area contributed by atoms with Crippen LogP contribution < -0.4 is 5.32 Å². The van der Waals surface area contributed by atoms with Crippen molar-refractivity contribution < 1.29 is 5.11 Å². The smallest absolute Gasteiger partial charge is 0.0431 e. The zero-order chi connectivity index (χ0) is 10.4. The van der Waals surface area contributed by atoms with Crippen molar-refractivity contribution in [2.24, 2.45) is 5.92 Å². The van der Waals surface area contributed by atoms with Crippen molar-refractivity contribution in [1.82, 2.24) is 5.32 Å². The van der Waals surface area contributed by atoms with E-state index in [-0.39, 0.29) is 0 Å². The van der Waals surface area contributed by atoms with E-state index in [4.69, 9.17) is 5.11 Å². The number of aliphatic hydroxyl groups excluding tert-OH is 1. The minimum absolute atomic E-state index is 0.348. The van der Waals surface area contributed by atoms with E-state index in [1.165, 1.54) is 18.6 Å². The molecule has 14 heavy (non-hydrogen) atoms. The lowest BCUT2D eigenvalue weighted by Gasteiger charge is -2.13. The van der Waals surface area contributed by atoms with Crippen molar-refractivity contribution in [2.75, 3.05) is 18.9 Å². The Balaban J connectivity index is 2.08. The van der Waals surface area contributed by atoms with E-state index in [1.54, 1.807) is 0 Å². The van der Waals surface area contributed by atoms with Crippen molar-refractivity contribution in [2.45, 2.75) is 44.4 Å². The van der Waals surface area contributed by atoms with Crippen LogP contribution in [0.15, 0.2) is 0 Å². The lowest BCUT2D eigenvalue weighted by molar-refractivity contribution is 0.283. The summed E-state index contributed by atoms with van der Waals surface area (Å²) in [6, 6.07) is 0.714. The summed E-state index contributed by atoms with van der Waals surface area (Å²) >= 11 is 2.07. The van der Waals surface area contributed by atoms with E-state index in [0.717, 1.165) is 24.1 Å². The zero-order valence-corrected chi connectivity index (χ0v) is 10.1. The monoisotopic (exact) mass is 217 g/mol. The average molecular weight is 217 g/mol. The summed E-state index contributed by atoms with van der Waals surface area (Å²) in [7, 11) is 0. The van der Waals surface area contributed by atoms with Crippen LogP contribution in [0.3, 0.4) is 0 Å². The molecule has 84 valence electrons. The molecule has 1 fully saturated rings. The van der Waals surface area contributed by atoms with Gasteiger partial charge in [0.1, 0.15) is 0 Å². The Bertz CT molecular complexity index is 152. The van der Waals surface area contributed by atoms with Crippen LogP contribution in [0.5, 0.6) is 0 Å². The first-order valence-corrected chi connectivity index (χ1v) is 6.73. The molecule has 1 heterocycles. The molecule has 1 unspecified atom stereocenters. The van der Waals surface area contributed by atoms with Crippen LogP contribution in [0.25, 0.3) is 0 Å². The van der Waals surface area contributed by atoms with Crippen LogP contribution in [0, 0.1) is 5.92 Å². The Morgan fingerprint density at radius 3 is 2.93 bits per heavy atom. The van der Waals surface area contributed by atoms with Gasteiger partial charge in [-0.2, -0.15) is 11.8 Å². The van der Waals surface area contributed by atoms with Gasteiger partial charge in [-0.15, -0.1) is 0 Å². The SMILES string of the molecule is CC(C)CNC1CS[C@H](CCCO)C1. The minimum atomic E-state index is 0.348. The van der Waals surface area contributed by atoms with Crippen molar-refractivity contribution in [1.29, 1.82) is 0 Å². The normalized spacial score (nSPS) is 27.4. The first kappa shape index (κ1) is 12.3. The van der Waals surface area contributed by atoms with E-state index in [2.05, 4.69) is 30.9 Å². The maximum atomic E-state index is 8.74. The summed E-state index contributed by atoms with van der Waals surface area (Å²) in [6.45, 7) is 5.98. The maximum absolute atomic E-state index is 8.74. The number of rotatable bonds is 6. The molecule has 0 saturated carbocycles. The molecular weight excluding hydrogens is 194 g/mol. The summed E-state index contributed by atoms with van der Waals surface area (Å²) < 4.78 is 0. The molecule has 1 saturated heterocycles. The quantitative estimate of drug-likeness (QED) is 0.712. The Morgan fingerprint density at radius 1 is 1.50 bits per heavy atom. The highest BCUT2D eigenvalue weighted by atomic mass is 32.2. The van der Waals surface area contributed by atoms with Crippen LogP contribution in [0.1, 0.15) is 33.1 Å². The van der Waals surface area contributed by atoms with Gasteiger partial charge in [0, 0.05) is 23.7 Å². The molecule has 2 N–H and O–H groups in total.